The number of H-pyrrole nitrogens is 1. The lowest BCUT2D eigenvalue weighted by Crippen LogP contribution is -2.47. The van der Waals surface area contributed by atoms with Crippen LogP contribution in [0.4, 0.5) is 0 Å². The second-order valence-corrected chi connectivity index (χ2v) is 9.28. The van der Waals surface area contributed by atoms with Gasteiger partial charge in [-0.05, 0) is 24.0 Å². The van der Waals surface area contributed by atoms with Gasteiger partial charge in [-0.2, -0.15) is 0 Å². The monoisotopic (exact) mass is 479 g/mol. The van der Waals surface area contributed by atoms with Crippen molar-refractivity contribution in [1.82, 2.24) is 24.8 Å². The minimum absolute atomic E-state index is 0.0173. The summed E-state index contributed by atoms with van der Waals surface area (Å²) < 4.78 is 7.33. The van der Waals surface area contributed by atoms with E-state index in [2.05, 4.69) is 32.3 Å². The van der Waals surface area contributed by atoms with Crippen LogP contribution in [0.15, 0.2) is 46.0 Å². The van der Waals surface area contributed by atoms with E-state index in [0.29, 0.717) is 38.4 Å². The third-order valence-electron chi connectivity index (χ3n) is 6.21. The van der Waals surface area contributed by atoms with Crippen LogP contribution in [0, 0.1) is 0 Å². The van der Waals surface area contributed by atoms with E-state index in [1.165, 1.54) is 10.1 Å². The summed E-state index contributed by atoms with van der Waals surface area (Å²) in [4.78, 5) is 47.8. The van der Waals surface area contributed by atoms with Crippen LogP contribution in [0.5, 0.6) is 0 Å². The molecule has 1 unspecified atom stereocenters. The minimum Gasteiger partial charge on any atom is -0.374 e. The largest absolute Gasteiger partial charge is 0.374 e. The molecular weight excluding hydrogens is 446 g/mol. The first-order chi connectivity index (χ1) is 16.9. The number of benzene rings is 1. The lowest BCUT2D eigenvalue weighted by molar-refractivity contribution is -0.0292. The second-order valence-electron chi connectivity index (χ2n) is 9.28. The van der Waals surface area contributed by atoms with Crippen LogP contribution in [0.2, 0.25) is 0 Å². The molecule has 1 atom stereocenters. The summed E-state index contributed by atoms with van der Waals surface area (Å²) in [6.07, 6.45) is 0.528. The van der Waals surface area contributed by atoms with Gasteiger partial charge in [0.15, 0.2) is 5.65 Å². The van der Waals surface area contributed by atoms with E-state index in [9.17, 15) is 14.4 Å². The van der Waals surface area contributed by atoms with Gasteiger partial charge in [0.05, 0.1) is 23.7 Å². The van der Waals surface area contributed by atoms with Gasteiger partial charge in [-0.25, -0.2) is 9.78 Å². The smallest absolute Gasteiger partial charge is 0.329 e. The molecule has 0 aliphatic carbocycles. The highest BCUT2D eigenvalue weighted by molar-refractivity contribution is 6.05. The fourth-order valence-corrected chi connectivity index (χ4v) is 4.39. The first kappa shape index (κ1) is 24.8. The number of nitrogens with zero attached hydrogens (tertiary/aromatic N) is 3. The number of hydrogen-bond donors (Lipinski definition) is 2. The predicted molar refractivity (Wildman–Crippen MR) is 135 cm³/mol. The van der Waals surface area contributed by atoms with Gasteiger partial charge in [0.2, 0.25) is 0 Å². The highest BCUT2D eigenvalue weighted by atomic mass is 16.5. The number of rotatable bonds is 8. The molecule has 0 spiro atoms. The fourth-order valence-electron chi connectivity index (χ4n) is 4.39. The maximum absolute atomic E-state index is 13.3. The zero-order chi connectivity index (χ0) is 24.9. The van der Waals surface area contributed by atoms with E-state index < -0.39 is 11.2 Å². The number of carbonyl (C=O) groups excluding carboxylic acids is 1. The van der Waals surface area contributed by atoms with Gasteiger partial charge in [0.25, 0.3) is 11.5 Å². The molecule has 3 heterocycles. The Morgan fingerprint density at radius 2 is 2.03 bits per heavy atom. The lowest BCUT2D eigenvalue weighted by atomic mass is 10.0. The number of pyridine rings is 1. The normalized spacial score (nSPS) is 16.6. The van der Waals surface area contributed by atoms with Crippen molar-refractivity contribution < 1.29 is 9.53 Å². The van der Waals surface area contributed by atoms with Crippen molar-refractivity contribution in [2.24, 2.45) is 0 Å². The first-order valence-corrected chi connectivity index (χ1v) is 12.2. The Balaban J connectivity index is 1.56. The number of hydrogen-bond acceptors (Lipinski definition) is 6. The second kappa shape index (κ2) is 11.0. The van der Waals surface area contributed by atoms with E-state index in [0.717, 1.165) is 13.1 Å². The number of aryl methyl sites for hydroxylation is 1. The maximum atomic E-state index is 13.3. The topological polar surface area (TPSA) is 109 Å². The summed E-state index contributed by atoms with van der Waals surface area (Å²) in [5.41, 5.74) is 1.24. The van der Waals surface area contributed by atoms with Gasteiger partial charge in [0.1, 0.15) is 0 Å². The highest BCUT2D eigenvalue weighted by Gasteiger charge is 2.24. The fraction of sp³-hybridized carbons (Fsp3) is 0.462. The van der Waals surface area contributed by atoms with Gasteiger partial charge in [-0.3, -0.25) is 24.0 Å². The van der Waals surface area contributed by atoms with Crippen LogP contribution in [0.25, 0.3) is 11.0 Å². The molecule has 35 heavy (non-hydrogen) atoms. The zero-order valence-electron chi connectivity index (χ0n) is 20.5. The summed E-state index contributed by atoms with van der Waals surface area (Å²) in [7, 11) is 0. The number of fused-ring (bicyclic) bond motifs is 1. The summed E-state index contributed by atoms with van der Waals surface area (Å²) in [6.45, 7) is 9.51. The molecule has 0 bridgehead atoms. The van der Waals surface area contributed by atoms with E-state index in [4.69, 9.17) is 4.74 Å². The van der Waals surface area contributed by atoms with Gasteiger partial charge in [0, 0.05) is 38.4 Å². The number of nitrogens with one attached hydrogen (secondary N) is 2. The maximum Gasteiger partial charge on any atom is 0.329 e. The Bertz CT molecular complexity index is 1300. The van der Waals surface area contributed by atoms with Crippen LogP contribution < -0.4 is 16.6 Å². The van der Waals surface area contributed by atoms with Crippen LogP contribution in [0.1, 0.15) is 54.7 Å². The number of amides is 1. The quantitative estimate of drug-likeness (QED) is 0.513. The molecule has 1 aliphatic rings. The number of morpholine rings is 1. The average molecular weight is 480 g/mol. The third-order valence-corrected chi connectivity index (χ3v) is 6.21. The molecule has 0 radical (unpaired) electrons. The Morgan fingerprint density at radius 1 is 1.26 bits per heavy atom. The summed E-state index contributed by atoms with van der Waals surface area (Å²) >= 11 is 0. The van der Waals surface area contributed by atoms with Crippen LogP contribution in [-0.2, 0) is 17.8 Å². The Labute approximate surface area is 204 Å². The number of aromatic amines is 1. The van der Waals surface area contributed by atoms with Gasteiger partial charge < -0.3 is 10.1 Å². The third kappa shape index (κ3) is 5.68. The standard InChI is InChI=1S/C26H33N5O4/c1-4-10-31-23-22(25(33)29-26(31)34)20(13-21(28-23)17(2)3)24(32)27-14-19-16-30(11-12-35-19)15-18-8-6-5-7-9-18/h5-9,13,17,19H,4,10-12,14-16H2,1-3H3,(H,27,32)(H,29,33,34). The first-order valence-electron chi connectivity index (χ1n) is 12.2. The minimum atomic E-state index is -0.603. The molecule has 9 nitrogen and oxygen atoms in total. The van der Waals surface area contributed by atoms with Gasteiger partial charge >= 0.3 is 5.69 Å². The lowest BCUT2D eigenvalue weighted by Gasteiger charge is -2.33. The van der Waals surface area contributed by atoms with Crippen molar-refractivity contribution in [3.8, 4) is 0 Å². The molecule has 1 aliphatic heterocycles. The highest BCUT2D eigenvalue weighted by Crippen LogP contribution is 2.20. The summed E-state index contributed by atoms with van der Waals surface area (Å²) in [5, 5.41) is 3.08. The van der Waals surface area contributed by atoms with Gasteiger partial charge in [-0.15, -0.1) is 0 Å². The van der Waals surface area contributed by atoms with Crippen LogP contribution in [0.3, 0.4) is 0 Å². The summed E-state index contributed by atoms with van der Waals surface area (Å²) in [6, 6.07) is 11.9. The molecule has 2 N–H and O–H groups in total. The SMILES string of the molecule is CCCn1c(=O)[nH]c(=O)c2c(C(=O)NCC3CN(Cc4ccccc4)CCO3)cc(C(C)C)nc21. The molecule has 1 aromatic carbocycles. The summed E-state index contributed by atoms with van der Waals surface area (Å²) in [5.74, 6) is -0.362. The average Bonchev–Trinajstić information content (AvgIpc) is 2.85. The molecular formula is C26H33N5O4. The number of aromatic nitrogens is 3. The van der Waals surface area contributed by atoms with Crippen molar-refractivity contribution in [1.29, 1.82) is 0 Å². The Hall–Kier alpha value is -3.30. The van der Waals surface area contributed by atoms with Crippen molar-refractivity contribution in [3.05, 3.63) is 74.1 Å². The molecule has 0 saturated carbocycles. The van der Waals surface area contributed by atoms with E-state index >= 15 is 0 Å². The van der Waals surface area contributed by atoms with Crippen LogP contribution in [-0.4, -0.2) is 57.7 Å². The number of ether oxygens (including phenoxy) is 1. The molecule has 1 fully saturated rings. The molecule has 9 heteroatoms. The van der Waals surface area contributed by atoms with Crippen molar-refractivity contribution >= 4 is 16.9 Å². The van der Waals surface area contributed by atoms with E-state index in [-0.39, 0.29) is 34.5 Å². The van der Waals surface area contributed by atoms with Crippen molar-refractivity contribution in [2.45, 2.75) is 52.3 Å². The van der Waals surface area contributed by atoms with Gasteiger partial charge in [-0.1, -0.05) is 51.1 Å². The number of carbonyl (C=O) groups is 1. The molecule has 4 rings (SSSR count). The van der Waals surface area contributed by atoms with E-state index in [1.807, 2.05) is 39.0 Å². The molecule has 1 saturated heterocycles. The molecule has 186 valence electrons. The van der Waals surface area contributed by atoms with Crippen molar-refractivity contribution in [2.75, 3.05) is 26.2 Å². The zero-order valence-corrected chi connectivity index (χ0v) is 20.5. The molecule has 3 aromatic rings. The van der Waals surface area contributed by atoms with E-state index in [1.54, 1.807) is 6.07 Å². The predicted octanol–water partition coefficient (Wildman–Crippen LogP) is 2.25. The van der Waals surface area contributed by atoms with Crippen LogP contribution >= 0.6 is 0 Å². The molecule has 2 aromatic heterocycles. The Morgan fingerprint density at radius 3 is 2.74 bits per heavy atom. The van der Waals surface area contributed by atoms with Crippen molar-refractivity contribution in [3.63, 3.8) is 0 Å². The molecule has 1 amide bonds. The Kier molecular flexibility index (Phi) is 7.77.